The van der Waals surface area contributed by atoms with Gasteiger partial charge in [0.05, 0.1) is 0 Å². The SMILES string of the molecule is CC(N)CC(=O)NC1CCN(c2ccc(C(C)(C)C)cc2)CC1.Cl.Cl. The fourth-order valence-electron chi connectivity index (χ4n) is 3.03. The average molecular weight is 390 g/mol. The third kappa shape index (κ3) is 7.43. The summed E-state index contributed by atoms with van der Waals surface area (Å²) in [6, 6.07) is 9.10. The van der Waals surface area contributed by atoms with E-state index in [1.165, 1.54) is 11.3 Å². The number of hydrogen-bond acceptors (Lipinski definition) is 3. The number of carbonyl (C=O) groups is 1. The number of nitrogens with one attached hydrogen (secondary N) is 1. The van der Waals surface area contributed by atoms with E-state index in [9.17, 15) is 4.79 Å². The van der Waals surface area contributed by atoms with Gasteiger partial charge >= 0.3 is 0 Å². The van der Waals surface area contributed by atoms with Crippen LogP contribution in [0.2, 0.25) is 0 Å². The average Bonchev–Trinajstić information content (AvgIpc) is 2.46. The van der Waals surface area contributed by atoms with Crippen molar-refractivity contribution in [3.05, 3.63) is 29.8 Å². The lowest BCUT2D eigenvalue weighted by atomic mass is 9.87. The number of rotatable bonds is 4. The summed E-state index contributed by atoms with van der Waals surface area (Å²) < 4.78 is 0. The van der Waals surface area contributed by atoms with Gasteiger partial charge in [0.25, 0.3) is 0 Å². The van der Waals surface area contributed by atoms with Crippen LogP contribution < -0.4 is 16.0 Å². The monoisotopic (exact) mass is 389 g/mol. The van der Waals surface area contributed by atoms with Gasteiger partial charge in [-0.3, -0.25) is 4.79 Å². The molecular weight excluding hydrogens is 357 g/mol. The van der Waals surface area contributed by atoms with Crippen molar-refractivity contribution in [2.75, 3.05) is 18.0 Å². The number of anilines is 1. The number of nitrogens with zero attached hydrogens (tertiary/aromatic N) is 1. The maximum absolute atomic E-state index is 11.8. The molecule has 3 N–H and O–H groups in total. The van der Waals surface area contributed by atoms with Crippen molar-refractivity contribution in [3.8, 4) is 0 Å². The largest absolute Gasteiger partial charge is 0.371 e. The van der Waals surface area contributed by atoms with E-state index >= 15 is 0 Å². The number of amides is 1. The second-order valence-corrected chi connectivity index (χ2v) is 7.81. The Morgan fingerprint density at radius 1 is 1.20 bits per heavy atom. The normalized spacial score (nSPS) is 16.4. The summed E-state index contributed by atoms with van der Waals surface area (Å²) in [5.41, 5.74) is 8.50. The number of carbonyl (C=O) groups excluding carboxylic acids is 1. The van der Waals surface area contributed by atoms with Crippen molar-refractivity contribution in [1.29, 1.82) is 0 Å². The van der Waals surface area contributed by atoms with Gasteiger partial charge in [-0.05, 0) is 42.9 Å². The number of halogens is 2. The minimum Gasteiger partial charge on any atom is -0.371 e. The molecule has 0 aliphatic carbocycles. The van der Waals surface area contributed by atoms with Gasteiger partial charge in [-0.15, -0.1) is 24.8 Å². The van der Waals surface area contributed by atoms with E-state index in [0.29, 0.717) is 6.42 Å². The number of benzene rings is 1. The highest BCUT2D eigenvalue weighted by Crippen LogP contribution is 2.26. The lowest BCUT2D eigenvalue weighted by Crippen LogP contribution is -2.45. The molecule has 1 amide bonds. The summed E-state index contributed by atoms with van der Waals surface area (Å²) in [5.74, 6) is 0.0768. The maximum Gasteiger partial charge on any atom is 0.221 e. The van der Waals surface area contributed by atoms with Crippen molar-refractivity contribution in [2.45, 2.75) is 64.5 Å². The fraction of sp³-hybridized carbons (Fsp3) is 0.632. The molecule has 0 radical (unpaired) electrons. The predicted octanol–water partition coefficient (Wildman–Crippen LogP) is 3.65. The first kappa shape index (κ1) is 24.0. The first-order valence-corrected chi connectivity index (χ1v) is 8.66. The molecule has 1 aliphatic rings. The van der Waals surface area contributed by atoms with Gasteiger partial charge in [0, 0.05) is 37.3 Å². The minimum absolute atomic E-state index is 0. The van der Waals surface area contributed by atoms with Gasteiger partial charge in [0.15, 0.2) is 0 Å². The molecule has 0 spiro atoms. The van der Waals surface area contributed by atoms with Crippen molar-refractivity contribution >= 4 is 36.4 Å². The van der Waals surface area contributed by atoms with E-state index in [-0.39, 0.29) is 48.2 Å². The minimum atomic E-state index is -0.0728. The highest BCUT2D eigenvalue weighted by Gasteiger charge is 2.21. The van der Waals surface area contributed by atoms with E-state index < -0.39 is 0 Å². The quantitative estimate of drug-likeness (QED) is 0.825. The zero-order valence-corrected chi connectivity index (χ0v) is 17.4. The lowest BCUT2D eigenvalue weighted by Gasteiger charge is -2.34. The third-order valence-electron chi connectivity index (χ3n) is 4.47. The smallest absolute Gasteiger partial charge is 0.221 e. The Kier molecular flexibility index (Phi) is 9.85. The number of nitrogens with two attached hydrogens (primary N) is 1. The maximum atomic E-state index is 11.8. The molecule has 1 aliphatic heterocycles. The molecule has 0 saturated carbocycles. The Hall–Kier alpha value is -0.970. The molecule has 0 aromatic heterocycles. The Morgan fingerprint density at radius 2 is 1.72 bits per heavy atom. The Labute approximate surface area is 164 Å². The fourth-order valence-corrected chi connectivity index (χ4v) is 3.03. The van der Waals surface area contributed by atoms with Crippen LogP contribution in [-0.2, 0) is 10.2 Å². The Bertz CT molecular complexity index is 518. The Morgan fingerprint density at radius 3 is 2.16 bits per heavy atom. The van der Waals surface area contributed by atoms with Crippen LogP contribution in [0, 0.1) is 0 Å². The molecule has 1 atom stereocenters. The van der Waals surface area contributed by atoms with Crippen LogP contribution in [0.5, 0.6) is 0 Å². The summed E-state index contributed by atoms with van der Waals surface area (Å²) in [4.78, 5) is 14.2. The van der Waals surface area contributed by atoms with Crippen molar-refractivity contribution in [3.63, 3.8) is 0 Å². The molecule has 2 rings (SSSR count). The second kappa shape index (κ2) is 10.2. The van der Waals surface area contributed by atoms with Gasteiger partial charge < -0.3 is 16.0 Å². The van der Waals surface area contributed by atoms with E-state index in [1.807, 2.05) is 6.92 Å². The molecule has 1 unspecified atom stereocenters. The van der Waals surface area contributed by atoms with Gasteiger partial charge in [0.2, 0.25) is 5.91 Å². The summed E-state index contributed by atoms with van der Waals surface area (Å²) in [6.07, 6.45) is 2.39. The highest BCUT2D eigenvalue weighted by atomic mass is 35.5. The number of piperidine rings is 1. The molecule has 4 nitrogen and oxygen atoms in total. The molecule has 0 bridgehead atoms. The second-order valence-electron chi connectivity index (χ2n) is 7.81. The molecule has 1 aromatic rings. The molecule has 1 heterocycles. The zero-order valence-electron chi connectivity index (χ0n) is 15.7. The number of hydrogen-bond donors (Lipinski definition) is 2. The molecule has 1 saturated heterocycles. The van der Waals surface area contributed by atoms with Crippen LogP contribution in [0.25, 0.3) is 0 Å². The third-order valence-corrected chi connectivity index (χ3v) is 4.47. The first-order valence-electron chi connectivity index (χ1n) is 8.66. The highest BCUT2D eigenvalue weighted by molar-refractivity contribution is 5.85. The molecule has 1 aromatic carbocycles. The van der Waals surface area contributed by atoms with Crippen LogP contribution >= 0.6 is 24.8 Å². The summed E-state index contributed by atoms with van der Waals surface area (Å²) >= 11 is 0. The summed E-state index contributed by atoms with van der Waals surface area (Å²) in [6.45, 7) is 10.5. The van der Waals surface area contributed by atoms with Crippen molar-refractivity contribution < 1.29 is 4.79 Å². The van der Waals surface area contributed by atoms with E-state index in [1.54, 1.807) is 0 Å². The molecular formula is C19H33Cl2N3O. The topological polar surface area (TPSA) is 58.4 Å². The van der Waals surface area contributed by atoms with Gasteiger partial charge in [-0.2, -0.15) is 0 Å². The predicted molar refractivity (Wildman–Crippen MR) is 111 cm³/mol. The van der Waals surface area contributed by atoms with Crippen LogP contribution in [0.1, 0.15) is 52.5 Å². The van der Waals surface area contributed by atoms with Crippen molar-refractivity contribution in [1.82, 2.24) is 5.32 Å². The molecule has 144 valence electrons. The van der Waals surface area contributed by atoms with Crippen LogP contribution in [0.15, 0.2) is 24.3 Å². The molecule has 25 heavy (non-hydrogen) atoms. The van der Waals surface area contributed by atoms with E-state index in [4.69, 9.17) is 5.73 Å². The van der Waals surface area contributed by atoms with Crippen LogP contribution in [-0.4, -0.2) is 31.1 Å². The lowest BCUT2D eigenvalue weighted by molar-refractivity contribution is -0.122. The van der Waals surface area contributed by atoms with Crippen LogP contribution in [0.4, 0.5) is 5.69 Å². The first-order chi connectivity index (χ1) is 10.8. The standard InChI is InChI=1S/C19H31N3O.2ClH/c1-14(20)13-18(23)21-16-9-11-22(12-10-16)17-7-5-15(6-8-17)19(2,3)4;;/h5-8,14,16H,9-13,20H2,1-4H3,(H,21,23);2*1H. The van der Waals surface area contributed by atoms with E-state index in [0.717, 1.165) is 25.9 Å². The molecule has 1 fully saturated rings. The van der Waals surface area contributed by atoms with Crippen molar-refractivity contribution in [2.24, 2.45) is 5.73 Å². The zero-order chi connectivity index (χ0) is 17.0. The van der Waals surface area contributed by atoms with Gasteiger partial charge in [-0.25, -0.2) is 0 Å². The van der Waals surface area contributed by atoms with E-state index in [2.05, 4.69) is 55.3 Å². The summed E-state index contributed by atoms with van der Waals surface area (Å²) in [7, 11) is 0. The van der Waals surface area contributed by atoms with Gasteiger partial charge in [0.1, 0.15) is 0 Å². The van der Waals surface area contributed by atoms with Crippen LogP contribution in [0.3, 0.4) is 0 Å². The van der Waals surface area contributed by atoms with Gasteiger partial charge in [-0.1, -0.05) is 32.9 Å². The Balaban J connectivity index is 0.00000288. The molecule has 6 heteroatoms. The summed E-state index contributed by atoms with van der Waals surface area (Å²) in [5, 5.41) is 3.11.